The predicted molar refractivity (Wildman–Crippen MR) is 172 cm³/mol. The smallest absolute Gasteiger partial charge is 0.417 e. The van der Waals surface area contributed by atoms with Crippen molar-refractivity contribution in [2.75, 3.05) is 40.0 Å². The first-order valence-electron chi connectivity index (χ1n) is 13.9. The van der Waals surface area contributed by atoms with Crippen molar-refractivity contribution in [2.24, 2.45) is 0 Å². The number of benzene rings is 3. The maximum atomic E-state index is 12.5. The number of alkyl halides is 9. The number of carbonyl (C=O) groups excluding carboxylic acids is 1. The summed E-state index contributed by atoms with van der Waals surface area (Å²) in [5.41, 5.74) is -3.22. The maximum Gasteiger partial charge on any atom is 0.417 e. The quantitative estimate of drug-likeness (QED) is 0.145. The fourth-order valence-corrected chi connectivity index (χ4v) is 6.18. The third-order valence-electron chi connectivity index (χ3n) is 7.14. The number of aromatic hydroxyl groups is 2. The highest BCUT2D eigenvalue weighted by molar-refractivity contribution is 9.11. The van der Waals surface area contributed by atoms with E-state index in [0.29, 0.717) is 10.5 Å². The average Bonchev–Trinajstić information content (AvgIpc) is 3.50. The summed E-state index contributed by atoms with van der Waals surface area (Å²) in [4.78, 5) is 20.2. The van der Waals surface area contributed by atoms with Crippen LogP contribution in [-0.2, 0) is 18.5 Å². The van der Waals surface area contributed by atoms with E-state index in [9.17, 15) is 44.3 Å². The van der Waals surface area contributed by atoms with Gasteiger partial charge in [-0.05, 0) is 96.3 Å². The third kappa shape index (κ3) is 9.91. The molecule has 4 fully saturated rings. The summed E-state index contributed by atoms with van der Waals surface area (Å²) >= 11 is 8.81. The van der Waals surface area contributed by atoms with Gasteiger partial charge in [0.2, 0.25) is 0 Å². The van der Waals surface area contributed by atoms with Crippen LogP contribution in [0.5, 0.6) is 11.5 Å². The molecule has 0 aliphatic carbocycles. The maximum absolute atomic E-state index is 12.5. The highest BCUT2D eigenvalue weighted by Gasteiger charge is 2.37. The Labute approximate surface area is 303 Å². The van der Waals surface area contributed by atoms with Crippen molar-refractivity contribution in [1.82, 2.24) is 19.6 Å². The molecule has 2 N–H and O–H groups in total. The van der Waals surface area contributed by atoms with Crippen LogP contribution in [0.4, 0.5) is 39.5 Å². The molecule has 4 saturated heterocycles. The normalized spacial score (nSPS) is 21.0. The second kappa shape index (κ2) is 15.8. The van der Waals surface area contributed by atoms with Gasteiger partial charge in [0.25, 0.3) is 0 Å². The number of aldehydes is 1. The number of hydrogen-bond donors (Lipinski definition) is 2. The molecule has 0 radical (unpaired) electrons. The lowest BCUT2D eigenvalue weighted by Gasteiger charge is -2.56. The van der Waals surface area contributed by atoms with E-state index in [-0.39, 0.29) is 26.2 Å². The first-order chi connectivity index (χ1) is 23.2. The number of phenols is 2. The van der Waals surface area contributed by atoms with E-state index in [2.05, 4.69) is 67.4 Å². The minimum Gasteiger partial charge on any atom is -0.507 e. The Morgan fingerprint density at radius 2 is 1.08 bits per heavy atom. The van der Waals surface area contributed by atoms with Crippen molar-refractivity contribution < 1.29 is 58.9 Å². The van der Waals surface area contributed by atoms with Crippen LogP contribution in [0.15, 0.2) is 72.6 Å². The molecular formula is C30H24Br3F9N4O4. The zero-order chi connectivity index (χ0) is 37.2. The lowest BCUT2D eigenvalue weighted by Crippen LogP contribution is -2.71. The molecule has 50 heavy (non-hydrogen) atoms. The number of hydrogen-bond acceptors (Lipinski definition) is 8. The van der Waals surface area contributed by atoms with Crippen molar-refractivity contribution in [3.63, 3.8) is 0 Å². The molecule has 4 bridgehead atoms. The van der Waals surface area contributed by atoms with Crippen LogP contribution in [0.3, 0.4) is 0 Å². The van der Waals surface area contributed by atoms with Gasteiger partial charge in [0, 0.05) is 5.39 Å². The lowest BCUT2D eigenvalue weighted by molar-refractivity contribution is -0.194. The fourth-order valence-electron chi connectivity index (χ4n) is 5.15. The Balaban J connectivity index is 0.000000151. The Kier molecular flexibility index (Phi) is 12.6. The van der Waals surface area contributed by atoms with Crippen molar-refractivity contribution in [1.29, 1.82) is 0 Å². The Morgan fingerprint density at radius 3 is 1.52 bits per heavy atom. The fraction of sp³-hybridized carbons (Fsp3) is 0.300. The Bertz CT molecular complexity index is 1760. The van der Waals surface area contributed by atoms with Crippen LogP contribution in [0.1, 0.15) is 27.0 Å². The van der Waals surface area contributed by atoms with Crippen molar-refractivity contribution in [3.05, 3.63) is 90.5 Å². The monoisotopic (exact) mass is 912 g/mol. The molecule has 0 amide bonds. The molecule has 4 aliphatic heterocycles. The Hall–Kier alpha value is -2.88. The van der Waals surface area contributed by atoms with E-state index in [4.69, 9.17) is 14.6 Å². The molecular weight excluding hydrogens is 891 g/mol. The molecule has 1 aromatic heterocycles. The zero-order valence-electron chi connectivity index (χ0n) is 25.1. The van der Waals surface area contributed by atoms with Gasteiger partial charge in [-0.1, -0.05) is 0 Å². The highest BCUT2D eigenvalue weighted by atomic mass is 79.9. The number of phenolic OH excluding ortho intramolecular Hbond substituents is 2. The van der Waals surface area contributed by atoms with Gasteiger partial charge in [0.15, 0.2) is 6.29 Å². The van der Waals surface area contributed by atoms with Gasteiger partial charge in [0.1, 0.15) is 17.1 Å². The molecule has 8 rings (SSSR count). The molecule has 0 saturated carbocycles. The number of fused-ring (bicyclic) bond motifs is 1. The van der Waals surface area contributed by atoms with E-state index in [1.165, 1.54) is 58.4 Å². The highest BCUT2D eigenvalue weighted by Crippen LogP contribution is 2.39. The summed E-state index contributed by atoms with van der Waals surface area (Å²) in [6.07, 6.45) is -12.2. The van der Waals surface area contributed by atoms with Gasteiger partial charge >= 0.3 is 18.5 Å². The van der Waals surface area contributed by atoms with E-state index >= 15 is 0 Å². The van der Waals surface area contributed by atoms with Crippen LogP contribution in [-0.4, -0.2) is 76.1 Å². The molecule has 5 heterocycles. The van der Waals surface area contributed by atoms with E-state index in [0.717, 1.165) is 30.3 Å². The average molecular weight is 915 g/mol. The number of rotatable bonds is 1. The number of nitrogens with zero attached hydrogens (tertiary/aromatic N) is 4. The van der Waals surface area contributed by atoms with Gasteiger partial charge < -0.3 is 14.6 Å². The number of furan rings is 1. The van der Waals surface area contributed by atoms with Crippen LogP contribution >= 0.6 is 47.8 Å². The summed E-state index contributed by atoms with van der Waals surface area (Å²) < 4.78 is 116. The van der Waals surface area contributed by atoms with Crippen molar-refractivity contribution in [3.8, 4) is 11.5 Å². The van der Waals surface area contributed by atoms with Gasteiger partial charge in [-0.3, -0.25) is 24.4 Å². The minimum absolute atomic E-state index is 0.0249. The summed E-state index contributed by atoms with van der Waals surface area (Å²) in [7, 11) is 0. The molecule has 0 atom stereocenters. The minimum atomic E-state index is -4.64. The molecule has 3 aromatic carbocycles. The molecule has 8 nitrogen and oxygen atoms in total. The van der Waals surface area contributed by atoms with Crippen molar-refractivity contribution >= 4 is 65.0 Å². The standard InChI is InChI=1S/C9H4BrF3O.C8H4BrF3O2.C7H4BrF3O.C6H12N4/c10-7-2-1-6(9(11,12)13)5-3-4-14-8(5)7;9-6-2-1-5(8(10,11)12)4(3-13)7(6)14;8-5-2-1-4(3-6(5)12)7(9,10)11;1-7-2-9-4-8(1)5-10(3-7)6-9/h1-4H;1-3,14H;1-3,12H;1-6H2. The first kappa shape index (κ1) is 39.9. The second-order valence-electron chi connectivity index (χ2n) is 10.9. The van der Waals surface area contributed by atoms with Crippen molar-refractivity contribution in [2.45, 2.75) is 18.5 Å². The zero-order valence-corrected chi connectivity index (χ0v) is 29.8. The van der Waals surface area contributed by atoms with Gasteiger partial charge in [-0.2, -0.15) is 39.5 Å². The topological polar surface area (TPSA) is 83.6 Å². The van der Waals surface area contributed by atoms with Gasteiger partial charge in [-0.15, -0.1) is 0 Å². The molecule has 4 aliphatic rings. The van der Waals surface area contributed by atoms with Gasteiger partial charge in [-0.25, -0.2) is 0 Å². The Morgan fingerprint density at radius 1 is 0.620 bits per heavy atom. The molecule has 272 valence electrons. The SMILES string of the molecule is C1N2CN3CN1CN(C2)C3.FC(F)(F)c1ccc(Br)c2occc12.O=Cc1c(C(F)(F)F)ccc(Br)c1O.Oc1cc(C(F)(F)F)ccc1Br. The summed E-state index contributed by atoms with van der Waals surface area (Å²) in [5, 5.41) is 18.2. The molecule has 0 unspecified atom stereocenters. The molecule has 20 heteroatoms. The van der Waals surface area contributed by atoms with E-state index in [1.54, 1.807) is 0 Å². The van der Waals surface area contributed by atoms with Crippen LogP contribution in [0.25, 0.3) is 11.0 Å². The van der Waals surface area contributed by atoms with E-state index < -0.39 is 52.3 Å². The lowest BCUT2D eigenvalue weighted by atomic mass is 10.1. The summed E-state index contributed by atoms with van der Waals surface area (Å²) in [6, 6.07) is 8.14. The second-order valence-corrected chi connectivity index (χ2v) is 13.5. The van der Waals surface area contributed by atoms with E-state index in [1.807, 2.05) is 0 Å². The number of halogens is 12. The first-order valence-corrected chi connectivity index (χ1v) is 16.3. The van der Waals surface area contributed by atoms with Crippen LogP contribution in [0, 0.1) is 0 Å². The van der Waals surface area contributed by atoms with Gasteiger partial charge in [0.05, 0.1) is 81.9 Å². The van der Waals surface area contributed by atoms with Crippen LogP contribution in [0.2, 0.25) is 0 Å². The third-order valence-corrected chi connectivity index (χ3v) is 9.07. The predicted octanol–water partition coefficient (Wildman–Crippen LogP) is 9.35. The molecule has 0 spiro atoms. The number of carbonyl (C=O) groups is 1. The summed E-state index contributed by atoms with van der Waals surface area (Å²) in [6.45, 7) is 7.12. The van der Waals surface area contributed by atoms with Crippen LogP contribution < -0.4 is 0 Å². The largest absolute Gasteiger partial charge is 0.507 e. The molecule has 4 aromatic rings. The summed E-state index contributed by atoms with van der Waals surface area (Å²) in [5.74, 6) is -1.11.